The van der Waals surface area contributed by atoms with Crippen molar-refractivity contribution >= 4 is 23.6 Å². The number of benzene rings is 1. The first-order valence-electron chi connectivity index (χ1n) is 9.42. The Kier molecular flexibility index (Phi) is 7.55. The van der Waals surface area contributed by atoms with Gasteiger partial charge in [0.15, 0.2) is 0 Å². The van der Waals surface area contributed by atoms with E-state index in [-0.39, 0.29) is 5.91 Å². The number of rotatable bonds is 5. The molecule has 1 aliphatic heterocycles. The van der Waals surface area contributed by atoms with Gasteiger partial charge in [-0.25, -0.2) is 4.79 Å². The summed E-state index contributed by atoms with van der Waals surface area (Å²) in [4.78, 5) is 28.5. The summed E-state index contributed by atoms with van der Waals surface area (Å²) in [6, 6.07) is 4.94. The molecular weight excluding hydrogens is 382 g/mol. The number of methoxy groups -OCH3 is 1. The Labute approximate surface area is 171 Å². The topological polar surface area (TPSA) is 71.1 Å². The Morgan fingerprint density at radius 2 is 1.86 bits per heavy atom. The van der Waals surface area contributed by atoms with Crippen LogP contribution in [0.25, 0.3) is 0 Å². The van der Waals surface area contributed by atoms with Crippen molar-refractivity contribution in [2.24, 2.45) is 0 Å². The fraction of sp³-hybridized carbons (Fsp3) is 0.600. The van der Waals surface area contributed by atoms with Crippen molar-refractivity contribution in [1.82, 2.24) is 15.1 Å². The van der Waals surface area contributed by atoms with Gasteiger partial charge < -0.3 is 19.7 Å². The summed E-state index contributed by atoms with van der Waals surface area (Å²) in [7, 11) is 1.64. The summed E-state index contributed by atoms with van der Waals surface area (Å²) >= 11 is 6.10. The fourth-order valence-corrected chi connectivity index (χ4v) is 3.25. The lowest BCUT2D eigenvalue weighted by molar-refractivity contribution is -0.134. The Morgan fingerprint density at radius 1 is 1.21 bits per heavy atom. The smallest absolute Gasteiger partial charge is 0.408 e. The third-order valence-corrected chi connectivity index (χ3v) is 4.66. The molecule has 1 saturated heterocycles. The molecule has 0 spiro atoms. The summed E-state index contributed by atoms with van der Waals surface area (Å²) in [6.45, 7) is 10.4. The van der Waals surface area contributed by atoms with Crippen LogP contribution in [-0.2, 0) is 16.1 Å². The number of nitrogens with zero attached hydrogens (tertiary/aromatic N) is 2. The van der Waals surface area contributed by atoms with Crippen molar-refractivity contribution in [2.75, 3.05) is 33.3 Å². The number of amides is 2. The van der Waals surface area contributed by atoms with Gasteiger partial charge in [-0.2, -0.15) is 0 Å². The molecule has 2 rings (SSSR count). The minimum atomic E-state index is -0.630. The van der Waals surface area contributed by atoms with Crippen molar-refractivity contribution in [3.63, 3.8) is 0 Å². The number of hydrogen-bond donors (Lipinski definition) is 1. The van der Waals surface area contributed by atoms with Gasteiger partial charge in [0.1, 0.15) is 17.4 Å². The van der Waals surface area contributed by atoms with Crippen molar-refractivity contribution in [3.8, 4) is 5.75 Å². The number of carbonyl (C=O) groups excluding carboxylic acids is 2. The first-order chi connectivity index (χ1) is 13.1. The minimum absolute atomic E-state index is 0.106. The van der Waals surface area contributed by atoms with Gasteiger partial charge in [0.25, 0.3) is 0 Å². The number of halogens is 1. The van der Waals surface area contributed by atoms with E-state index < -0.39 is 17.7 Å². The van der Waals surface area contributed by atoms with Crippen molar-refractivity contribution in [1.29, 1.82) is 0 Å². The zero-order valence-electron chi connectivity index (χ0n) is 17.3. The summed E-state index contributed by atoms with van der Waals surface area (Å²) in [5, 5.41) is 3.28. The third-order valence-electron chi connectivity index (χ3n) is 4.42. The maximum absolute atomic E-state index is 12.6. The summed E-state index contributed by atoms with van der Waals surface area (Å²) in [6.07, 6.45) is -0.583. The number of piperazine rings is 1. The van der Waals surface area contributed by atoms with E-state index in [1.165, 1.54) is 0 Å². The molecule has 0 saturated carbocycles. The predicted octanol–water partition coefficient (Wildman–Crippen LogP) is 2.91. The molecule has 1 unspecified atom stereocenters. The van der Waals surface area contributed by atoms with Gasteiger partial charge >= 0.3 is 6.09 Å². The summed E-state index contributed by atoms with van der Waals surface area (Å²) < 4.78 is 10.6. The van der Waals surface area contributed by atoms with E-state index >= 15 is 0 Å². The molecule has 8 heteroatoms. The van der Waals surface area contributed by atoms with Gasteiger partial charge in [-0.3, -0.25) is 9.69 Å². The van der Waals surface area contributed by atoms with Gasteiger partial charge in [0.05, 0.1) is 7.11 Å². The molecule has 7 nitrogen and oxygen atoms in total. The molecule has 1 atom stereocenters. The van der Waals surface area contributed by atoms with E-state index in [4.69, 9.17) is 21.1 Å². The zero-order chi connectivity index (χ0) is 20.9. The Balaban J connectivity index is 1.85. The summed E-state index contributed by atoms with van der Waals surface area (Å²) in [5.74, 6) is 0.698. The Morgan fingerprint density at radius 3 is 2.43 bits per heavy atom. The van der Waals surface area contributed by atoms with E-state index in [2.05, 4.69) is 10.2 Å². The van der Waals surface area contributed by atoms with Crippen LogP contribution in [0.2, 0.25) is 5.02 Å². The average molecular weight is 412 g/mol. The standard InChI is InChI=1S/C20H30ClN3O4/c1-14(22-19(26)28-20(2,3)4)18(25)24-10-8-23(9-11-24)13-15-12-16(21)6-7-17(15)27-5/h6-7,12,14H,8-11,13H2,1-5H3,(H,22,26). The lowest BCUT2D eigenvalue weighted by Crippen LogP contribution is -2.54. The predicted molar refractivity (Wildman–Crippen MR) is 109 cm³/mol. The van der Waals surface area contributed by atoms with Gasteiger partial charge in [0.2, 0.25) is 5.91 Å². The highest BCUT2D eigenvalue weighted by molar-refractivity contribution is 6.30. The Hall–Kier alpha value is -1.99. The van der Waals surface area contributed by atoms with E-state index in [1.54, 1.807) is 45.8 Å². The second-order valence-electron chi connectivity index (χ2n) is 7.93. The normalized spacial score (nSPS) is 16.4. The zero-order valence-corrected chi connectivity index (χ0v) is 18.0. The highest BCUT2D eigenvalue weighted by Crippen LogP contribution is 2.24. The van der Waals surface area contributed by atoms with Crippen LogP contribution in [0, 0.1) is 0 Å². The molecule has 28 heavy (non-hydrogen) atoms. The lowest BCUT2D eigenvalue weighted by Gasteiger charge is -2.36. The lowest BCUT2D eigenvalue weighted by atomic mass is 10.1. The van der Waals surface area contributed by atoms with E-state index in [0.717, 1.165) is 24.4 Å². The summed E-state index contributed by atoms with van der Waals surface area (Å²) in [5.41, 5.74) is 0.426. The van der Waals surface area contributed by atoms with Gasteiger partial charge in [-0.05, 0) is 45.9 Å². The van der Waals surface area contributed by atoms with Crippen LogP contribution in [0.3, 0.4) is 0 Å². The molecule has 1 heterocycles. The van der Waals surface area contributed by atoms with Crippen LogP contribution in [0.4, 0.5) is 4.79 Å². The molecule has 1 aromatic rings. The Bertz CT molecular complexity index is 697. The number of nitrogens with one attached hydrogen (secondary N) is 1. The van der Waals surface area contributed by atoms with Crippen LogP contribution >= 0.6 is 11.6 Å². The number of hydrogen-bond acceptors (Lipinski definition) is 5. The fourth-order valence-electron chi connectivity index (χ4n) is 3.06. The van der Waals surface area contributed by atoms with Crippen molar-refractivity contribution < 1.29 is 19.1 Å². The van der Waals surface area contributed by atoms with Crippen LogP contribution < -0.4 is 10.1 Å². The van der Waals surface area contributed by atoms with Crippen LogP contribution in [0.1, 0.15) is 33.3 Å². The van der Waals surface area contributed by atoms with Gasteiger partial charge in [-0.1, -0.05) is 11.6 Å². The molecule has 2 amide bonds. The molecular formula is C20H30ClN3O4. The second-order valence-corrected chi connectivity index (χ2v) is 8.36. The van der Waals surface area contributed by atoms with Crippen LogP contribution in [-0.4, -0.2) is 66.7 Å². The first kappa shape index (κ1) is 22.3. The van der Waals surface area contributed by atoms with E-state index in [1.807, 2.05) is 12.1 Å². The molecule has 156 valence electrons. The molecule has 0 radical (unpaired) electrons. The maximum Gasteiger partial charge on any atom is 0.408 e. The molecule has 1 fully saturated rings. The molecule has 0 aromatic heterocycles. The quantitative estimate of drug-likeness (QED) is 0.806. The molecule has 1 aliphatic rings. The van der Waals surface area contributed by atoms with Gasteiger partial charge in [0, 0.05) is 43.3 Å². The van der Waals surface area contributed by atoms with Crippen molar-refractivity contribution in [2.45, 2.75) is 45.9 Å². The maximum atomic E-state index is 12.6. The average Bonchev–Trinajstić information content (AvgIpc) is 2.60. The van der Waals surface area contributed by atoms with E-state index in [0.29, 0.717) is 24.7 Å². The highest BCUT2D eigenvalue weighted by Gasteiger charge is 2.27. The highest BCUT2D eigenvalue weighted by atomic mass is 35.5. The number of alkyl carbamates (subject to hydrolysis) is 1. The van der Waals surface area contributed by atoms with Crippen LogP contribution in [0.5, 0.6) is 5.75 Å². The SMILES string of the molecule is COc1ccc(Cl)cc1CN1CCN(C(=O)C(C)NC(=O)OC(C)(C)C)CC1. The molecule has 0 aliphatic carbocycles. The first-order valence-corrected chi connectivity index (χ1v) is 9.80. The molecule has 1 N–H and O–H groups in total. The van der Waals surface area contributed by atoms with Gasteiger partial charge in [-0.15, -0.1) is 0 Å². The van der Waals surface area contributed by atoms with Crippen LogP contribution in [0.15, 0.2) is 18.2 Å². The molecule has 0 bridgehead atoms. The van der Waals surface area contributed by atoms with Crippen molar-refractivity contribution in [3.05, 3.63) is 28.8 Å². The monoisotopic (exact) mass is 411 g/mol. The second kappa shape index (κ2) is 9.47. The minimum Gasteiger partial charge on any atom is -0.496 e. The number of carbonyl (C=O) groups is 2. The molecule has 1 aromatic carbocycles. The third kappa shape index (κ3) is 6.56. The number of ether oxygens (including phenoxy) is 2. The van der Waals surface area contributed by atoms with E-state index in [9.17, 15) is 9.59 Å². The largest absolute Gasteiger partial charge is 0.496 e.